The highest BCUT2D eigenvalue weighted by molar-refractivity contribution is 5.46. The van der Waals surface area contributed by atoms with Crippen LogP contribution < -0.4 is 10.5 Å². The minimum Gasteiger partial charge on any atom is -0.493 e. The molecule has 3 heteroatoms. The van der Waals surface area contributed by atoms with Gasteiger partial charge in [-0.3, -0.25) is 0 Å². The normalized spacial score (nSPS) is 16.4. The van der Waals surface area contributed by atoms with Gasteiger partial charge < -0.3 is 10.5 Å². The van der Waals surface area contributed by atoms with Crippen molar-refractivity contribution < 1.29 is 9.13 Å². The van der Waals surface area contributed by atoms with Gasteiger partial charge >= 0.3 is 0 Å². The van der Waals surface area contributed by atoms with Crippen molar-refractivity contribution >= 4 is 0 Å². The third-order valence-electron chi connectivity index (χ3n) is 4.12. The van der Waals surface area contributed by atoms with E-state index in [9.17, 15) is 4.39 Å². The molecule has 2 N–H and O–H groups in total. The summed E-state index contributed by atoms with van der Waals surface area (Å²) in [5.41, 5.74) is 8.39. The van der Waals surface area contributed by atoms with Gasteiger partial charge in [-0.25, -0.2) is 4.39 Å². The largest absolute Gasteiger partial charge is 0.493 e. The Kier molecular flexibility index (Phi) is 3.22. The first-order valence-corrected chi connectivity index (χ1v) is 6.95. The molecule has 2 aromatic rings. The molecule has 0 aromatic heterocycles. The van der Waals surface area contributed by atoms with Gasteiger partial charge in [0, 0.05) is 12.0 Å². The molecule has 0 saturated carbocycles. The molecule has 1 heterocycles. The number of hydrogen-bond acceptors (Lipinski definition) is 2. The smallest absolute Gasteiger partial charge is 0.128 e. The molecule has 20 heavy (non-hydrogen) atoms. The zero-order valence-electron chi connectivity index (χ0n) is 11.5. The summed E-state index contributed by atoms with van der Waals surface area (Å²) in [7, 11) is 0. The van der Waals surface area contributed by atoms with Gasteiger partial charge in [-0.2, -0.15) is 0 Å². The van der Waals surface area contributed by atoms with E-state index in [1.807, 2.05) is 25.1 Å². The Morgan fingerprint density at radius 3 is 2.80 bits per heavy atom. The van der Waals surface area contributed by atoms with Gasteiger partial charge in [0.1, 0.15) is 11.6 Å². The molecule has 0 saturated heterocycles. The first-order chi connectivity index (χ1) is 9.65. The Hall–Kier alpha value is -1.87. The summed E-state index contributed by atoms with van der Waals surface area (Å²) >= 11 is 0. The summed E-state index contributed by atoms with van der Waals surface area (Å²) in [5, 5.41) is 0. The van der Waals surface area contributed by atoms with E-state index in [4.69, 9.17) is 10.5 Å². The van der Waals surface area contributed by atoms with Gasteiger partial charge in [0.2, 0.25) is 0 Å². The number of benzene rings is 2. The van der Waals surface area contributed by atoms with Crippen molar-refractivity contribution in [1.82, 2.24) is 0 Å². The summed E-state index contributed by atoms with van der Waals surface area (Å²) in [6.45, 7) is 2.69. The van der Waals surface area contributed by atoms with Crippen molar-refractivity contribution in [2.75, 3.05) is 6.61 Å². The van der Waals surface area contributed by atoms with Gasteiger partial charge in [0.05, 0.1) is 12.1 Å². The van der Waals surface area contributed by atoms with Crippen molar-refractivity contribution in [3.8, 4) is 5.75 Å². The predicted octanol–water partition coefficient (Wildman–Crippen LogP) is 3.37. The first kappa shape index (κ1) is 13.1. The maximum absolute atomic E-state index is 14.1. The number of hydrogen-bond donors (Lipinski definition) is 1. The predicted molar refractivity (Wildman–Crippen MR) is 77.3 cm³/mol. The molecule has 2 nitrogen and oxygen atoms in total. The molecule has 0 spiro atoms. The maximum atomic E-state index is 14.1. The molecule has 3 rings (SSSR count). The highest BCUT2D eigenvalue weighted by atomic mass is 19.1. The fourth-order valence-electron chi connectivity index (χ4n) is 2.84. The van der Waals surface area contributed by atoms with E-state index in [-0.39, 0.29) is 5.82 Å². The molecule has 1 atom stereocenters. The number of halogens is 1. The van der Waals surface area contributed by atoms with Crippen LogP contribution in [0.2, 0.25) is 0 Å². The Bertz CT molecular complexity index is 641. The second kappa shape index (κ2) is 4.91. The van der Waals surface area contributed by atoms with Crippen LogP contribution in [-0.4, -0.2) is 6.61 Å². The van der Waals surface area contributed by atoms with E-state index in [1.54, 1.807) is 12.1 Å². The van der Waals surface area contributed by atoms with E-state index < -0.39 is 5.54 Å². The number of fused-ring (bicyclic) bond motifs is 1. The zero-order valence-corrected chi connectivity index (χ0v) is 11.5. The lowest BCUT2D eigenvalue weighted by molar-refractivity contribution is 0.356. The molecule has 0 aliphatic carbocycles. The Labute approximate surface area is 118 Å². The summed E-state index contributed by atoms with van der Waals surface area (Å²) in [5.74, 6) is 0.661. The van der Waals surface area contributed by atoms with Gasteiger partial charge in [-0.15, -0.1) is 0 Å². The summed E-state index contributed by atoms with van der Waals surface area (Å²) < 4.78 is 19.6. The third kappa shape index (κ3) is 1.98. The Balaban J connectivity index is 2.11. The topological polar surface area (TPSA) is 35.2 Å². The van der Waals surface area contributed by atoms with Gasteiger partial charge in [0.15, 0.2) is 0 Å². The van der Waals surface area contributed by atoms with E-state index in [2.05, 4.69) is 6.07 Å². The maximum Gasteiger partial charge on any atom is 0.128 e. The van der Waals surface area contributed by atoms with Crippen LogP contribution in [0.1, 0.15) is 30.0 Å². The molecule has 0 amide bonds. The van der Waals surface area contributed by atoms with Crippen LogP contribution >= 0.6 is 0 Å². The van der Waals surface area contributed by atoms with Crippen molar-refractivity contribution in [2.45, 2.75) is 25.3 Å². The third-order valence-corrected chi connectivity index (χ3v) is 4.12. The van der Waals surface area contributed by atoms with Crippen LogP contribution in [0.25, 0.3) is 0 Å². The minimum atomic E-state index is -0.803. The molecule has 104 valence electrons. The first-order valence-electron chi connectivity index (χ1n) is 6.95. The van der Waals surface area contributed by atoms with Gasteiger partial charge in [-0.1, -0.05) is 31.2 Å². The van der Waals surface area contributed by atoms with Crippen LogP contribution in [0.3, 0.4) is 0 Å². The van der Waals surface area contributed by atoms with Crippen LogP contribution in [0.4, 0.5) is 4.39 Å². The van der Waals surface area contributed by atoms with Crippen molar-refractivity contribution in [3.05, 3.63) is 65.0 Å². The molecular weight excluding hydrogens is 253 g/mol. The molecule has 2 aromatic carbocycles. The van der Waals surface area contributed by atoms with E-state index in [1.165, 1.54) is 6.07 Å². The zero-order chi connectivity index (χ0) is 14.2. The van der Waals surface area contributed by atoms with Gasteiger partial charge in [-0.05, 0) is 35.7 Å². The standard InChI is InChI=1S/C17H18FNO/c1-2-17(19,14-5-3-4-6-15(14)18)13-7-8-16-12(11-13)9-10-20-16/h3-8,11H,2,9-10,19H2,1H3. The number of ether oxygens (including phenoxy) is 1. The molecule has 0 radical (unpaired) electrons. The average Bonchev–Trinajstić information content (AvgIpc) is 2.94. The monoisotopic (exact) mass is 271 g/mol. The fraction of sp³-hybridized carbons (Fsp3) is 0.294. The second-order valence-corrected chi connectivity index (χ2v) is 5.23. The fourth-order valence-corrected chi connectivity index (χ4v) is 2.84. The summed E-state index contributed by atoms with van der Waals surface area (Å²) in [6.07, 6.45) is 1.52. The number of nitrogens with two attached hydrogens (primary N) is 1. The lowest BCUT2D eigenvalue weighted by Gasteiger charge is -2.30. The van der Waals surface area contributed by atoms with Gasteiger partial charge in [0.25, 0.3) is 0 Å². The van der Waals surface area contributed by atoms with Crippen molar-refractivity contribution in [1.29, 1.82) is 0 Å². The quantitative estimate of drug-likeness (QED) is 0.929. The lowest BCUT2D eigenvalue weighted by atomic mass is 9.80. The lowest BCUT2D eigenvalue weighted by Crippen LogP contribution is -2.38. The Morgan fingerprint density at radius 2 is 2.05 bits per heavy atom. The second-order valence-electron chi connectivity index (χ2n) is 5.23. The van der Waals surface area contributed by atoms with Crippen LogP contribution in [-0.2, 0) is 12.0 Å². The molecule has 0 fully saturated rings. The van der Waals surface area contributed by atoms with Crippen molar-refractivity contribution in [3.63, 3.8) is 0 Å². The average molecular weight is 271 g/mol. The van der Waals surface area contributed by atoms with Crippen LogP contribution in [0.15, 0.2) is 42.5 Å². The van der Waals surface area contributed by atoms with E-state index in [0.717, 1.165) is 23.3 Å². The molecule has 1 aliphatic heterocycles. The Morgan fingerprint density at radius 1 is 1.25 bits per heavy atom. The van der Waals surface area contributed by atoms with Crippen molar-refractivity contribution in [2.24, 2.45) is 5.73 Å². The molecular formula is C17H18FNO. The van der Waals surface area contributed by atoms with Crippen LogP contribution in [0, 0.1) is 5.82 Å². The van der Waals surface area contributed by atoms with Crippen LogP contribution in [0.5, 0.6) is 5.75 Å². The highest BCUT2D eigenvalue weighted by Gasteiger charge is 2.31. The summed E-state index contributed by atoms with van der Waals surface area (Å²) in [4.78, 5) is 0. The molecule has 1 unspecified atom stereocenters. The molecule has 1 aliphatic rings. The highest BCUT2D eigenvalue weighted by Crippen LogP contribution is 2.35. The SMILES string of the molecule is CCC(N)(c1ccc2c(c1)CCO2)c1ccccc1F. The minimum absolute atomic E-state index is 0.256. The van der Waals surface area contributed by atoms with E-state index >= 15 is 0 Å². The molecule has 0 bridgehead atoms. The van der Waals surface area contributed by atoms with E-state index in [0.29, 0.717) is 18.6 Å². The summed E-state index contributed by atoms with van der Waals surface area (Å²) in [6, 6.07) is 12.7. The number of rotatable bonds is 3.